The van der Waals surface area contributed by atoms with Crippen molar-refractivity contribution in [1.82, 2.24) is 10.2 Å². The molecule has 0 aliphatic heterocycles. The highest BCUT2D eigenvalue weighted by Gasteiger charge is 2.38. The summed E-state index contributed by atoms with van der Waals surface area (Å²) in [6.07, 6.45) is 3.49. The van der Waals surface area contributed by atoms with Gasteiger partial charge in [0.25, 0.3) is 0 Å². The Hall–Kier alpha value is -0.520. The van der Waals surface area contributed by atoms with Crippen LogP contribution in [0, 0.1) is 11.6 Å². The van der Waals surface area contributed by atoms with Gasteiger partial charge in [0, 0.05) is 24.2 Å². The normalized spacial score (nSPS) is 17.6. The Balaban J connectivity index is 1.98. The Morgan fingerprint density at radius 1 is 1.32 bits per heavy atom. The summed E-state index contributed by atoms with van der Waals surface area (Å²) >= 11 is 3.08. The van der Waals surface area contributed by atoms with Crippen molar-refractivity contribution in [2.45, 2.75) is 31.3 Å². The van der Waals surface area contributed by atoms with Gasteiger partial charge in [-0.1, -0.05) is 0 Å². The molecule has 5 heteroatoms. The molecular formula is C14H19BrF2N2. The third-order valence-corrected chi connectivity index (χ3v) is 4.74. The maximum Gasteiger partial charge on any atom is 0.144 e. The molecule has 19 heavy (non-hydrogen) atoms. The van der Waals surface area contributed by atoms with E-state index in [-0.39, 0.29) is 17.6 Å². The zero-order valence-electron chi connectivity index (χ0n) is 11.3. The smallest absolute Gasteiger partial charge is 0.144 e. The van der Waals surface area contributed by atoms with Gasteiger partial charge in [-0.25, -0.2) is 8.78 Å². The van der Waals surface area contributed by atoms with Crippen molar-refractivity contribution in [3.8, 4) is 0 Å². The summed E-state index contributed by atoms with van der Waals surface area (Å²) in [6, 6.07) is 2.68. The molecule has 0 aromatic heterocycles. The zero-order valence-corrected chi connectivity index (χ0v) is 12.9. The topological polar surface area (TPSA) is 15.3 Å². The van der Waals surface area contributed by atoms with Gasteiger partial charge in [-0.3, -0.25) is 0 Å². The van der Waals surface area contributed by atoms with Gasteiger partial charge >= 0.3 is 0 Å². The van der Waals surface area contributed by atoms with Crippen molar-refractivity contribution < 1.29 is 8.78 Å². The highest BCUT2D eigenvalue weighted by atomic mass is 79.9. The van der Waals surface area contributed by atoms with Crippen molar-refractivity contribution in [3.63, 3.8) is 0 Å². The first kappa shape index (κ1) is 14.9. The number of hydrogen-bond acceptors (Lipinski definition) is 2. The van der Waals surface area contributed by atoms with Crippen molar-refractivity contribution in [1.29, 1.82) is 0 Å². The minimum Gasteiger partial charge on any atom is -0.311 e. The molecule has 1 aromatic rings. The highest BCUT2D eigenvalue weighted by Crippen LogP contribution is 2.35. The van der Waals surface area contributed by atoms with Crippen LogP contribution in [-0.2, 0) is 6.54 Å². The summed E-state index contributed by atoms with van der Waals surface area (Å²) in [5.41, 5.74) is 0.251. The average molecular weight is 333 g/mol. The van der Waals surface area contributed by atoms with E-state index in [0.29, 0.717) is 4.47 Å². The molecule has 0 amide bonds. The number of rotatable bonds is 5. The van der Waals surface area contributed by atoms with Gasteiger partial charge < -0.3 is 10.2 Å². The zero-order chi connectivity index (χ0) is 14.0. The number of nitrogens with one attached hydrogen (secondary N) is 1. The molecule has 1 aliphatic carbocycles. The summed E-state index contributed by atoms with van der Waals surface area (Å²) in [6.45, 7) is 0.970. The van der Waals surface area contributed by atoms with Crippen LogP contribution in [-0.4, -0.2) is 31.1 Å². The summed E-state index contributed by atoms with van der Waals surface area (Å²) in [7, 11) is 4.11. The van der Waals surface area contributed by atoms with Crippen LogP contribution < -0.4 is 5.32 Å². The van der Waals surface area contributed by atoms with Crippen LogP contribution in [0.5, 0.6) is 0 Å². The molecule has 0 radical (unpaired) electrons. The second-order valence-corrected chi connectivity index (χ2v) is 6.25. The molecule has 0 spiro atoms. The Labute approximate surface area is 121 Å². The van der Waals surface area contributed by atoms with Crippen LogP contribution in [0.4, 0.5) is 8.78 Å². The molecule has 1 fully saturated rings. The Morgan fingerprint density at radius 2 is 2.00 bits per heavy atom. The van der Waals surface area contributed by atoms with Gasteiger partial charge in [-0.05, 0) is 61.4 Å². The Bertz CT molecular complexity index is 459. The van der Waals surface area contributed by atoms with Crippen LogP contribution in [0.25, 0.3) is 0 Å². The second kappa shape index (κ2) is 5.85. The Morgan fingerprint density at radius 3 is 2.53 bits per heavy atom. The van der Waals surface area contributed by atoms with Crippen LogP contribution in [0.15, 0.2) is 16.6 Å². The maximum atomic E-state index is 13.8. The Kier molecular flexibility index (Phi) is 4.58. The van der Waals surface area contributed by atoms with E-state index >= 15 is 0 Å². The lowest BCUT2D eigenvalue weighted by atomic mass is 9.75. The van der Waals surface area contributed by atoms with E-state index < -0.39 is 11.6 Å². The third kappa shape index (κ3) is 2.98. The molecule has 2 nitrogen and oxygen atoms in total. The lowest BCUT2D eigenvalue weighted by Gasteiger charge is -2.47. The molecule has 0 atom stereocenters. The summed E-state index contributed by atoms with van der Waals surface area (Å²) in [4.78, 5) is 2.21. The van der Waals surface area contributed by atoms with Crippen LogP contribution >= 0.6 is 15.9 Å². The summed E-state index contributed by atoms with van der Waals surface area (Å²) in [5.74, 6) is -1.01. The van der Waals surface area contributed by atoms with E-state index in [1.165, 1.54) is 18.6 Å². The number of benzene rings is 1. The molecule has 1 aliphatic rings. The predicted octanol–water partition coefficient (Wildman–Crippen LogP) is 3.30. The molecule has 0 bridgehead atoms. The molecule has 0 heterocycles. The quantitative estimate of drug-likeness (QED) is 0.832. The van der Waals surface area contributed by atoms with Crippen LogP contribution in [0.1, 0.15) is 24.8 Å². The fourth-order valence-electron chi connectivity index (χ4n) is 2.52. The SMILES string of the molecule is CN(C)C1(CNCc2c(F)ccc(Br)c2F)CCC1. The van der Waals surface area contributed by atoms with Gasteiger partial charge in [-0.2, -0.15) is 0 Å². The summed E-state index contributed by atoms with van der Waals surface area (Å²) in [5, 5.41) is 3.19. The molecule has 0 saturated heterocycles. The number of likely N-dealkylation sites (N-methyl/N-ethyl adjacent to an activating group) is 1. The van der Waals surface area contributed by atoms with Crippen LogP contribution in [0.2, 0.25) is 0 Å². The standard InChI is InChI=1S/C14H19BrF2N2/c1-19(2)14(6-3-7-14)9-18-8-10-12(16)5-4-11(15)13(10)17/h4-5,18H,3,6-9H2,1-2H3. The van der Waals surface area contributed by atoms with Crippen molar-refractivity contribution in [2.75, 3.05) is 20.6 Å². The van der Waals surface area contributed by atoms with Gasteiger partial charge in [0.15, 0.2) is 0 Å². The van der Waals surface area contributed by atoms with E-state index in [2.05, 4.69) is 40.2 Å². The molecule has 1 N–H and O–H groups in total. The van der Waals surface area contributed by atoms with Crippen molar-refractivity contribution >= 4 is 15.9 Å². The predicted molar refractivity (Wildman–Crippen MR) is 76.0 cm³/mol. The van der Waals surface area contributed by atoms with E-state index in [1.54, 1.807) is 0 Å². The van der Waals surface area contributed by atoms with Gasteiger partial charge in [-0.15, -0.1) is 0 Å². The second-order valence-electron chi connectivity index (χ2n) is 5.40. The monoisotopic (exact) mass is 332 g/mol. The van der Waals surface area contributed by atoms with Gasteiger partial charge in [0.1, 0.15) is 11.6 Å². The third-order valence-electron chi connectivity index (χ3n) is 4.13. The lowest BCUT2D eigenvalue weighted by Crippen LogP contribution is -2.56. The fraction of sp³-hybridized carbons (Fsp3) is 0.571. The minimum absolute atomic E-state index is 0.0996. The van der Waals surface area contributed by atoms with E-state index in [4.69, 9.17) is 0 Å². The first-order valence-corrected chi connectivity index (χ1v) is 7.26. The van der Waals surface area contributed by atoms with Crippen LogP contribution in [0.3, 0.4) is 0 Å². The first-order chi connectivity index (χ1) is 8.96. The molecule has 2 rings (SSSR count). The average Bonchev–Trinajstić information content (AvgIpc) is 2.30. The van der Waals surface area contributed by atoms with E-state index in [1.807, 2.05) is 0 Å². The minimum atomic E-state index is -0.514. The lowest BCUT2D eigenvalue weighted by molar-refractivity contribution is 0.0596. The first-order valence-electron chi connectivity index (χ1n) is 6.47. The van der Waals surface area contributed by atoms with E-state index in [9.17, 15) is 8.78 Å². The number of hydrogen-bond donors (Lipinski definition) is 1. The molecule has 0 unspecified atom stereocenters. The van der Waals surface area contributed by atoms with Crippen molar-refractivity contribution in [3.05, 3.63) is 33.8 Å². The summed E-state index contributed by atoms with van der Waals surface area (Å²) < 4.78 is 27.7. The number of nitrogens with zero attached hydrogens (tertiary/aromatic N) is 1. The molecule has 1 saturated carbocycles. The number of halogens is 3. The van der Waals surface area contributed by atoms with Crippen molar-refractivity contribution in [2.24, 2.45) is 0 Å². The molecular weight excluding hydrogens is 314 g/mol. The van der Waals surface area contributed by atoms with Gasteiger partial charge in [0.05, 0.1) is 4.47 Å². The van der Waals surface area contributed by atoms with E-state index in [0.717, 1.165) is 19.4 Å². The molecule has 106 valence electrons. The maximum absolute atomic E-state index is 13.8. The highest BCUT2D eigenvalue weighted by molar-refractivity contribution is 9.10. The van der Waals surface area contributed by atoms with Gasteiger partial charge in [0.2, 0.25) is 0 Å². The largest absolute Gasteiger partial charge is 0.311 e. The molecule has 1 aromatic carbocycles. The fourth-order valence-corrected chi connectivity index (χ4v) is 2.89.